The van der Waals surface area contributed by atoms with Gasteiger partial charge in [-0.25, -0.2) is 9.86 Å². The van der Waals surface area contributed by atoms with Gasteiger partial charge in [0.15, 0.2) is 0 Å². The van der Waals surface area contributed by atoms with Crippen molar-refractivity contribution in [3.05, 3.63) is 23.8 Å². The number of urea groups is 1. The highest BCUT2D eigenvalue weighted by Gasteiger charge is 2.20. The van der Waals surface area contributed by atoms with Crippen molar-refractivity contribution >= 4 is 11.7 Å². The summed E-state index contributed by atoms with van der Waals surface area (Å²) in [5.74, 6) is 0.737. The van der Waals surface area contributed by atoms with Gasteiger partial charge in [0.2, 0.25) is 0 Å². The average molecular weight is 208 g/mol. The SMILES string of the molecule is CCOc1ccc2c(c1)CN(O)C(=O)N2. The molecule has 0 bridgehead atoms. The Morgan fingerprint density at radius 2 is 2.40 bits per heavy atom. The van der Waals surface area contributed by atoms with Crippen LogP contribution in [0.4, 0.5) is 10.5 Å². The molecule has 1 aliphatic heterocycles. The van der Waals surface area contributed by atoms with E-state index < -0.39 is 6.03 Å². The fourth-order valence-corrected chi connectivity index (χ4v) is 1.49. The molecule has 0 spiro atoms. The highest BCUT2D eigenvalue weighted by Crippen LogP contribution is 2.26. The lowest BCUT2D eigenvalue weighted by Gasteiger charge is -2.24. The lowest BCUT2D eigenvalue weighted by Crippen LogP contribution is -2.35. The van der Waals surface area contributed by atoms with E-state index >= 15 is 0 Å². The van der Waals surface area contributed by atoms with Gasteiger partial charge in [-0.05, 0) is 25.1 Å². The van der Waals surface area contributed by atoms with E-state index in [1.165, 1.54) is 0 Å². The summed E-state index contributed by atoms with van der Waals surface area (Å²) in [6.07, 6.45) is 0. The predicted molar refractivity (Wildman–Crippen MR) is 54.0 cm³/mol. The van der Waals surface area contributed by atoms with Crippen LogP contribution in [0.25, 0.3) is 0 Å². The monoisotopic (exact) mass is 208 g/mol. The van der Waals surface area contributed by atoms with Gasteiger partial charge in [-0.2, -0.15) is 0 Å². The number of ether oxygens (including phenoxy) is 1. The van der Waals surface area contributed by atoms with E-state index in [1.807, 2.05) is 13.0 Å². The first-order valence-corrected chi connectivity index (χ1v) is 4.74. The van der Waals surface area contributed by atoms with Gasteiger partial charge in [0.05, 0.1) is 13.2 Å². The van der Waals surface area contributed by atoms with E-state index in [-0.39, 0.29) is 6.54 Å². The Hall–Kier alpha value is -1.75. The first-order chi connectivity index (χ1) is 7.20. The van der Waals surface area contributed by atoms with Crippen molar-refractivity contribution in [2.45, 2.75) is 13.5 Å². The van der Waals surface area contributed by atoms with E-state index in [0.717, 1.165) is 11.3 Å². The molecule has 0 saturated carbocycles. The Bertz CT molecular complexity index is 392. The van der Waals surface area contributed by atoms with Gasteiger partial charge in [-0.3, -0.25) is 5.21 Å². The van der Waals surface area contributed by atoms with Gasteiger partial charge in [-0.15, -0.1) is 0 Å². The molecule has 0 aliphatic carbocycles. The summed E-state index contributed by atoms with van der Waals surface area (Å²) in [6.45, 7) is 2.68. The van der Waals surface area contributed by atoms with E-state index in [4.69, 9.17) is 4.74 Å². The Labute approximate surface area is 87.2 Å². The zero-order valence-electron chi connectivity index (χ0n) is 8.36. The normalized spacial score (nSPS) is 14.5. The molecular weight excluding hydrogens is 196 g/mol. The number of nitrogens with one attached hydrogen (secondary N) is 1. The summed E-state index contributed by atoms with van der Waals surface area (Å²) in [5.41, 5.74) is 1.55. The van der Waals surface area contributed by atoms with Gasteiger partial charge >= 0.3 is 6.03 Å². The minimum Gasteiger partial charge on any atom is -0.494 e. The smallest absolute Gasteiger partial charge is 0.345 e. The molecule has 0 aromatic heterocycles. The van der Waals surface area contributed by atoms with E-state index in [1.54, 1.807) is 12.1 Å². The maximum absolute atomic E-state index is 11.1. The number of hydrogen-bond donors (Lipinski definition) is 2. The number of amides is 2. The van der Waals surface area contributed by atoms with Crippen LogP contribution in [0.2, 0.25) is 0 Å². The number of nitrogens with zero attached hydrogens (tertiary/aromatic N) is 1. The van der Waals surface area contributed by atoms with Crippen LogP contribution in [-0.4, -0.2) is 22.9 Å². The van der Waals surface area contributed by atoms with E-state index in [9.17, 15) is 10.0 Å². The molecule has 2 rings (SSSR count). The largest absolute Gasteiger partial charge is 0.494 e. The highest BCUT2D eigenvalue weighted by atomic mass is 16.5. The van der Waals surface area contributed by atoms with Crippen LogP contribution >= 0.6 is 0 Å². The second-order valence-electron chi connectivity index (χ2n) is 3.24. The zero-order valence-corrected chi connectivity index (χ0v) is 8.36. The Morgan fingerprint density at radius 1 is 1.60 bits per heavy atom. The molecule has 0 saturated heterocycles. The summed E-state index contributed by atoms with van der Waals surface area (Å²) < 4.78 is 5.32. The summed E-state index contributed by atoms with van der Waals surface area (Å²) in [5, 5.41) is 12.4. The average Bonchev–Trinajstić information content (AvgIpc) is 2.21. The molecule has 5 nitrogen and oxygen atoms in total. The van der Waals surface area contributed by atoms with Crippen molar-refractivity contribution in [2.24, 2.45) is 0 Å². The molecule has 2 N–H and O–H groups in total. The van der Waals surface area contributed by atoms with Crippen LogP contribution in [0, 0.1) is 0 Å². The number of anilines is 1. The van der Waals surface area contributed by atoms with Crippen molar-refractivity contribution in [3.8, 4) is 5.75 Å². The summed E-state index contributed by atoms with van der Waals surface area (Å²) in [4.78, 5) is 11.1. The molecular formula is C10H12N2O3. The number of carbonyl (C=O) groups is 1. The molecule has 1 aliphatic rings. The molecule has 5 heteroatoms. The standard InChI is InChI=1S/C10H12N2O3/c1-2-15-8-3-4-9-7(5-8)6-12(14)10(13)11-9/h3-5,14H,2,6H2,1H3,(H,11,13). The molecule has 1 aromatic rings. The second kappa shape index (κ2) is 3.78. The van der Waals surface area contributed by atoms with Gasteiger partial charge in [0.1, 0.15) is 5.75 Å². The molecule has 15 heavy (non-hydrogen) atoms. The zero-order chi connectivity index (χ0) is 10.8. The van der Waals surface area contributed by atoms with Gasteiger partial charge in [0.25, 0.3) is 0 Å². The number of hydroxylamine groups is 2. The number of benzene rings is 1. The van der Waals surface area contributed by atoms with Gasteiger partial charge < -0.3 is 10.1 Å². The second-order valence-corrected chi connectivity index (χ2v) is 3.24. The van der Waals surface area contributed by atoms with Crippen LogP contribution in [0.1, 0.15) is 12.5 Å². The highest BCUT2D eigenvalue weighted by molar-refractivity contribution is 5.91. The Balaban J connectivity index is 2.29. The van der Waals surface area contributed by atoms with E-state index in [2.05, 4.69) is 5.32 Å². The first-order valence-electron chi connectivity index (χ1n) is 4.74. The Kier molecular flexibility index (Phi) is 2.47. The molecule has 0 fully saturated rings. The maximum Gasteiger partial charge on any atom is 0.345 e. The lowest BCUT2D eigenvalue weighted by molar-refractivity contribution is -0.0469. The lowest BCUT2D eigenvalue weighted by atomic mass is 10.1. The summed E-state index contributed by atoms with van der Waals surface area (Å²) in [6, 6.07) is 4.86. The molecule has 0 unspecified atom stereocenters. The third kappa shape index (κ3) is 1.87. The molecule has 2 amide bonds. The van der Waals surface area contributed by atoms with Crippen LogP contribution in [-0.2, 0) is 6.54 Å². The molecule has 1 aromatic carbocycles. The van der Waals surface area contributed by atoms with Crippen molar-refractivity contribution in [1.82, 2.24) is 5.06 Å². The third-order valence-electron chi connectivity index (χ3n) is 2.18. The third-order valence-corrected chi connectivity index (χ3v) is 2.18. The topological polar surface area (TPSA) is 61.8 Å². The predicted octanol–water partition coefficient (Wildman–Crippen LogP) is 1.82. The summed E-state index contributed by atoms with van der Waals surface area (Å²) in [7, 11) is 0. The first kappa shape index (κ1) is 9.79. The fraction of sp³-hybridized carbons (Fsp3) is 0.300. The maximum atomic E-state index is 11.1. The number of rotatable bonds is 2. The van der Waals surface area contributed by atoms with Crippen molar-refractivity contribution in [3.63, 3.8) is 0 Å². The van der Waals surface area contributed by atoms with Gasteiger partial charge in [0, 0.05) is 11.3 Å². The Morgan fingerprint density at radius 3 is 3.13 bits per heavy atom. The molecule has 0 atom stereocenters. The van der Waals surface area contributed by atoms with Crippen LogP contribution < -0.4 is 10.1 Å². The number of hydrogen-bond acceptors (Lipinski definition) is 3. The summed E-state index contributed by atoms with van der Waals surface area (Å²) >= 11 is 0. The van der Waals surface area contributed by atoms with Crippen LogP contribution in [0.15, 0.2) is 18.2 Å². The van der Waals surface area contributed by atoms with Crippen molar-refractivity contribution in [2.75, 3.05) is 11.9 Å². The minimum atomic E-state index is -0.508. The van der Waals surface area contributed by atoms with Gasteiger partial charge in [-0.1, -0.05) is 0 Å². The molecule has 1 heterocycles. The minimum absolute atomic E-state index is 0.183. The van der Waals surface area contributed by atoms with E-state index in [0.29, 0.717) is 17.4 Å². The van der Waals surface area contributed by atoms with Crippen LogP contribution in [0.3, 0.4) is 0 Å². The molecule has 0 radical (unpaired) electrons. The van der Waals surface area contributed by atoms with Crippen molar-refractivity contribution in [1.29, 1.82) is 0 Å². The number of fused-ring (bicyclic) bond motifs is 1. The van der Waals surface area contributed by atoms with Crippen LogP contribution in [0.5, 0.6) is 5.75 Å². The quantitative estimate of drug-likeness (QED) is 0.729. The molecule has 80 valence electrons. The number of carbonyl (C=O) groups excluding carboxylic acids is 1. The van der Waals surface area contributed by atoms with Crippen molar-refractivity contribution < 1.29 is 14.7 Å². The fourth-order valence-electron chi connectivity index (χ4n) is 1.49.